The summed E-state index contributed by atoms with van der Waals surface area (Å²) in [5.41, 5.74) is -0.0878. The number of carboxylic acid groups (broad SMARTS) is 1. The summed E-state index contributed by atoms with van der Waals surface area (Å²) in [4.78, 5) is 31.2. The van der Waals surface area contributed by atoms with E-state index >= 15 is 0 Å². The number of thiophene rings is 1. The molecule has 1 aliphatic carbocycles. The van der Waals surface area contributed by atoms with E-state index in [0.29, 0.717) is 6.54 Å². The van der Waals surface area contributed by atoms with E-state index in [0.717, 1.165) is 17.7 Å². The lowest BCUT2D eigenvalue weighted by Gasteiger charge is -2.23. The Bertz CT molecular complexity index is 551. The maximum absolute atomic E-state index is 12.5. The maximum atomic E-state index is 12.5. The zero-order chi connectivity index (χ0) is 14.1. The highest BCUT2D eigenvalue weighted by Crippen LogP contribution is 2.31. The summed E-state index contributed by atoms with van der Waals surface area (Å²) in [7, 11) is 0. The molecule has 0 spiro atoms. The first-order chi connectivity index (χ1) is 9.65. The molecule has 2 heterocycles. The third-order valence-corrected chi connectivity index (χ3v) is 4.23. The highest BCUT2D eigenvalue weighted by molar-refractivity contribution is 7.09. The van der Waals surface area contributed by atoms with Crippen molar-refractivity contribution in [1.82, 2.24) is 4.90 Å². The first-order valence-electron chi connectivity index (χ1n) is 6.44. The van der Waals surface area contributed by atoms with Crippen LogP contribution in [0.3, 0.4) is 0 Å². The van der Waals surface area contributed by atoms with Crippen LogP contribution in [0.1, 0.15) is 24.1 Å². The molecule has 0 bridgehead atoms. The Balaban J connectivity index is 1.66. The molecule has 3 rings (SSSR count). The molecule has 0 radical (unpaired) electrons. The molecule has 1 amide bonds. The highest BCUT2D eigenvalue weighted by Gasteiger charge is 2.40. The fraction of sp³-hybridized carbons (Fsp3) is 0.462. The summed E-state index contributed by atoms with van der Waals surface area (Å²) in [6.07, 6.45) is 1.25. The number of rotatable bonds is 5. The van der Waals surface area contributed by atoms with Crippen molar-refractivity contribution in [2.75, 3.05) is 0 Å². The van der Waals surface area contributed by atoms with Gasteiger partial charge in [-0.25, -0.2) is 4.79 Å². The Hall–Kier alpha value is -1.89. The van der Waals surface area contributed by atoms with Crippen LogP contribution >= 0.6 is 11.3 Å². The molecule has 1 fully saturated rings. The van der Waals surface area contributed by atoms with E-state index in [-0.39, 0.29) is 24.1 Å². The Morgan fingerprint density at radius 2 is 2.30 bits per heavy atom. The van der Waals surface area contributed by atoms with E-state index in [2.05, 4.69) is 5.16 Å². The molecule has 1 aromatic rings. The quantitative estimate of drug-likeness (QED) is 0.892. The monoisotopic (exact) mass is 294 g/mol. The van der Waals surface area contributed by atoms with Crippen molar-refractivity contribution in [3.8, 4) is 0 Å². The first-order valence-corrected chi connectivity index (χ1v) is 7.32. The van der Waals surface area contributed by atoms with Crippen LogP contribution in [0.2, 0.25) is 0 Å². The number of hydrogen-bond acceptors (Lipinski definition) is 5. The Kier molecular flexibility index (Phi) is 3.43. The molecule has 6 nitrogen and oxygen atoms in total. The molecule has 7 heteroatoms. The molecule has 1 aliphatic heterocycles. The van der Waals surface area contributed by atoms with Crippen molar-refractivity contribution in [3.63, 3.8) is 0 Å². The first kappa shape index (κ1) is 13.1. The van der Waals surface area contributed by atoms with Crippen molar-refractivity contribution in [2.45, 2.75) is 38.0 Å². The smallest absolute Gasteiger partial charge is 0.353 e. The predicted octanol–water partition coefficient (Wildman–Crippen LogP) is 1.47. The van der Waals surface area contributed by atoms with Gasteiger partial charge in [-0.05, 0) is 24.3 Å². The van der Waals surface area contributed by atoms with Crippen LogP contribution < -0.4 is 0 Å². The van der Waals surface area contributed by atoms with Crippen LogP contribution in [0.5, 0.6) is 0 Å². The van der Waals surface area contributed by atoms with Gasteiger partial charge in [-0.1, -0.05) is 11.2 Å². The molecule has 0 aromatic carbocycles. The standard InChI is InChI=1S/C13H14N2O4S/c16-12(11-6-10(13(17)18)14-19-11)15(8-3-4-8)7-9-2-1-5-20-9/h1-2,5,8,11H,3-4,6-7H2,(H,17,18). The number of carboxylic acids is 1. The van der Waals surface area contributed by atoms with Gasteiger partial charge in [0.25, 0.3) is 5.91 Å². The van der Waals surface area contributed by atoms with Crippen LogP contribution in [0, 0.1) is 0 Å². The van der Waals surface area contributed by atoms with Gasteiger partial charge in [0.05, 0.1) is 6.54 Å². The second-order valence-corrected chi connectivity index (χ2v) is 5.95. The maximum Gasteiger partial charge on any atom is 0.353 e. The van der Waals surface area contributed by atoms with Crippen molar-refractivity contribution >= 4 is 28.9 Å². The van der Waals surface area contributed by atoms with E-state index in [1.54, 1.807) is 16.2 Å². The number of hydrogen-bond donors (Lipinski definition) is 1. The van der Waals surface area contributed by atoms with E-state index in [9.17, 15) is 9.59 Å². The van der Waals surface area contributed by atoms with E-state index in [1.165, 1.54) is 0 Å². The summed E-state index contributed by atoms with van der Waals surface area (Å²) >= 11 is 1.60. The predicted molar refractivity (Wildman–Crippen MR) is 72.5 cm³/mol. The molecule has 1 atom stereocenters. The Morgan fingerprint density at radius 1 is 1.50 bits per heavy atom. The molecular weight excluding hydrogens is 280 g/mol. The number of nitrogens with zero attached hydrogens (tertiary/aromatic N) is 2. The molecule has 1 aromatic heterocycles. The minimum atomic E-state index is -1.13. The van der Waals surface area contributed by atoms with Gasteiger partial charge in [-0.15, -0.1) is 11.3 Å². The number of oxime groups is 1. The summed E-state index contributed by atoms with van der Waals surface area (Å²) in [5, 5.41) is 14.3. The molecular formula is C13H14N2O4S. The average molecular weight is 294 g/mol. The van der Waals surface area contributed by atoms with Crippen LogP contribution in [-0.4, -0.2) is 39.7 Å². The molecule has 1 saturated carbocycles. The van der Waals surface area contributed by atoms with Crippen LogP contribution in [0.4, 0.5) is 0 Å². The second kappa shape index (κ2) is 5.24. The third-order valence-electron chi connectivity index (χ3n) is 3.37. The fourth-order valence-corrected chi connectivity index (χ4v) is 2.87. The van der Waals surface area contributed by atoms with Gasteiger partial charge in [-0.3, -0.25) is 4.79 Å². The van der Waals surface area contributed by atoms with E-state index in [1.807, 2.05) is 17.5 Å². The highest BCUT2D eigenvalue weighted by atomic mass is 32.1. The van der Waals surface area contributed by atoms with Gasteiger partial charge in [0.1, 0.15) is 0 Å². The van der Waals surface area contributed by atoms with Gasteiger partial charge in [-0.2, -0.15) is 0 Å². The normalized spacial score (nSPS) is 21.2. The SMILES string of the molecule is O=C(O)C1=NOC(C(=O)N(Cc2cccs2)C2CC2)C1. The lowest BCUT2D eigenvalue weighted by Crippen LogP contribution is -2.40. The Labute approximate surface area is 119 Å². The zero-order valence-corrected chi connectivity index (χ0v) is 11.5. The summed E-state index contributed by atoms with van der Waals surface area (Å²) < 4.78 is 0. The second-order valence-electron chi connectivity index (χ2n) is 4.92. The summed E-state index contributed by atoms with van der Waals surface area (Å²) in [6.45, 7) is 0.559. The van der Waals surface area contributed by atoms with Crippen molar-refractivity contribution in [2.24, 2.45) is 5.16 Å². The minimum Gasteiger partial charge on any atom is -0.477 e. The van der Waals surface area contributed by atoms with Gasteiger partial charge >= 0.3 is 5.97 Å². The molecule has 106 valence electrons. The van der Waals surface area contributed by atoms with E-state index < -0.39 is 12.1 Å². The largest absolute Gasteiger partial charge is 0.477 e. The number of carbonyl (C=O) groups excluding carboxylic acids is 1. The molecule has 1 N–H and O–H groups in total. The van der Waals surface area contributed by atoms with Gasteiger partial charge in [0.2, 0.25) is 6.10 Å². The number of carbonyl (C=O) groups is 2. The van der Waals surface area contributed by atoms with Crippen molar-refractivity contribution < 1.29 is 19.5 Å². The molecule has 20 heavy (non-hydrogen) atoms. The average Bonchev–Trinajstić information content (AvgIpc) is 2.95. The van der Waals surface area contributed by atoms with Gasteiger partial charge in [0.15, 0.2) is 5.71 Å². The zero-order valence-electron chi connectivity index (χ0n) is 10.7. The number of amides is 1. The summed E-state index contributed by atoms with van der Waals surface area (Å²) in [6, 6.07) is 4.19. The Morgan fingerprint density at radius 3 is 2.85 bits per heavy atom. The fourth-order valence-electron chi connectivity index (χ4n) is 2.16. The molecule has 2 aliphatic rings. The molecule has 1 unspecified atom stereocenters. The lowest BCUT2D eigenvalue weighted by molar-refractivity contribution is -0.143. The topological polar surface area (TPSA) is 79.2 Å². The van der Waals surface area contributed by atoms with Gasteiger partial charge < -0.3 is 14.8 Å². The van der Waals surface area contributed by atoms with Crippen LogP contribution in [0.25, 0.3) is 0 Å². The van der Waals surface area contributed by atoms with E-state index in [4.69, 9.17) is 9.94 Å². The minimum absolute atomic E-state index is 0.0435. The summed E-state index contributed by atoms with van der Waals surface area (Å²) in [5.74, 6) is -1.29. The van der Waals surface area contributed by atoms with Crippen LogP contribution in [-0.2, 0) is 21.0 Å². The van der Waals surface area contributed by atoms with Crippen LogP contribution in [0.15, 0.2) is 22.7 Å². The lowest BCUT2D eigenvalue weighted by atomic mass is 10.1. The number of aliphatic carboxylic acids is 1. The van der Waals surface area contributed by atoms with Gasteiger partial charge in [0, 0.05) is 17.3 Å². The third kappa shape index (κ3) is 2.67. The molecule has 0 saturated heterocycles. The van der Waals surface area contributed by atoms with Crippen molar-refractivity contribution in [1.29, 1.82) is 0 Å². The van der Waals surface area contributed by atoms with Crippen molar-refractivity contribution in [3.05, 3.63) is 22.4 Å².